The molecule has 1 saturated carbocycles. The van der Waals surface area contributed by atoms with Crippen LogP contribution in [-0.4, -0.2) is 19.5 Å². The summed E-state index contributed by atoms with van der Waals surface area (Å²) < 4.78 is 5.11. The number of Topliss-reactive ketones (excluding diaryl/α,β-unsaturated/α-hetero) is 1. The predicted octanol–water partition coefficient (Wildman–Crippen LogP) is 3.09. The lowest BCUT2D eigenvalue weighted by atomic mass is 9.84. The summed E-state index contributed by atoms with van der Waals surface area (Å²) in [6.07, 6.45) is 4.58. The Morgan fingerprint density at radius 1 is 1.35 bits per heavy atom. The lowest BCUT2D eigenvalue weighted by molar-refractivity contribution is -0.118. The smallest absolute Gasteiger partial charge is 0.159 e. The van der Waals surface area contributed by atoms with Crippen LogP contribution in [-0.2, 0) is 9.53 Å². The molecule has 0 saturated heterocycles. The molecule has 0 N–H and O–H groups in total. The molecule has 2 heteroatoms. The Morgan fingerprint density at radius 3 is 2.76 bits per heavy atom. The second-order valence-electron chi connectivity index (χ2n) is 4.57. The molecule has 2 rings (SSSR count). The van der Waals surface area contributed by atoms with Crippen molar-refractivity contribution >= 4 is 11.9 Å². The van der Waals surface area contributed by atoms with Gasteiger partial charge in [0.15, 0.2) is 5.78 Å². The first-order chi connectivity index (χ1) is 8.29. The second-order valence-corrected chi connectivity index (χ2v) is 4.57. The van der Waals surface area contributed by atoms with Crippen LogP contribution >= 0.6 is 0 Å². The zero-order valence-electron chi connectivity index (χ0n) is 10.2. The highest BCUT2D eigenvalue weighted by atomic mass is 16.5. The fourth-order valence-electron chi connectivity index (χ4n) is 2.28. The molecule has 1 aliphatic carbocycles. The summed E-state index contributed by atoms with van der Waals surface area (Å²) in [5.74, 6) is 0.683. The Morgan fingerprint density at radius 2 is 2.12 bits per heavy atom. The van der Waals surface area contributed by atoms with Gasteiger partial charge in [0.1, 0.15) is 0 Å². The monoisotopic (exact) mass is 230 g/mol. The van der Waals surface area contributed by atoms with E-state index in [0.717, 1.165) is 24.0 Å². The zero-order valence-corrected chi connectivity index (χ0v) is 10.2. The number of hydrogen-bond donors (Lipinski definition) is 0. The number of rotatable bonds is 3. The molecule has 0 bridgehead atoms. The summed E-state index contributed by atoms with van der Waals surface area (Å²) in [7, 11) is 1.69. The van der Waals surface area contributed by atoms with E-state index in [1.165, 1.54) is 0 Å². The van der Waals surface area contributed by atoms with Crippen LogP contribution in [0.15, 0.2) is 35.9 Å². The third-order valence-electron chi connectivity index (χ3n) is 3.20. The maximum atomic E-state index is 12.0. The number of ketones is 1. The van der Waals surface area contributed by atoms with Gasteiger partial charge in [-0.25, -0.2) is 0 Å². The van der Waals surface area contributed by atoms with E-state index in [0.29, 0.717) is 18.9 Å². The van der Waals surface area contributed by atoms with Crippen LogP contribution in [0.5, 0.6) is 0 Å². The average Bonchev–Trinajstić information content (AvgIpc) is 2.34. The number of benzene rings is 1. The van der Waals surface area contributed by atoms with Crippen molar-refractivity contribution in [1.29, 1.82) is 0 Å². The van der Waals surface area contributed by atoms with Gasteiger partial charge in [-0.3, -0.25) is 4.79 Å². The van der Waals surface area contributed by atoms with E-state index in [4.69, 9.17) is 4.74 Å². The Balaban J connectivity index is 2.05. The van der Waals surface area contributed by atoms with Crippen molar-refractivity contribution in [2.24, 2.45) is 5.92 Å². The highest BCUT2D eigenvalue weighted by molar-refractivity contribution is 6.00. The quantitative estimate of drug-likeness (QED) is 0.746. The molecule has 1 fully saturated rings. The van der Waals surface area contributed by atoms with Crippen LogP contribution in [0.4, 0.5) is 0 Å². The van der Waals surface area contributed by atoms with Crippen molar-refractivity contribution in [2.45, 2.75) is 19.3 Å². The fraction of sp³-hybridized carbons (Fsp3) is 0.400. The van der Waals surface area contributed by atoms with Gasteiger partial charge in [0.2, 0.25) is 0 Å². The molecule has 90 valence electrons. The molecule has 1 aromatic carbocycles. The second kappa shape index (κ2) is 5.78. The standard InChI is InChI=1S/C15H18O2/c1-17-11-13-7-8-14(15(16)10-13)9-12-5-3-2-4-6-12/h2-6,9,13H,7-8,10-11H2,1H3/b14-9-. The van der Waals surface area contributed by atoms with Crippen molar-refractivity contribution in [1.82, 2.24) is 0 Å². The van der Waals surface area contributed by atoms with Gasteiger partial charge in [-0.1, -0.05) is 30.3 Å². The molecule has 1 unspecified atom stereocenters. The van der Waals surface area contributed by atoms with Crippen LogP contribution in [0.3, 0.4) is 0 Å². The molecule has 17 heavy (non-hydrogen) atoms. The number of methoxy groups -OCH3 is 1. The van der Waals surface area contributed by atoms with Crippen LogP contribution in [0.1, 0.15) is 24.8 Å². The van der Waals surface area contributed by atoms with Crippen molar-refractivity contribution in [3.63, 3.8) is 0 Å². The van der Waals surface area contributed by atoms with Gasteiger partial charge in [-0.2, -0.15) is 0 Å². The van der Waals surface area contributed by atoms with E-state index in [9.17, 15) is 4.79 Å². The van der Waals surface area contributed by atoms with Crippen LogP contribution in [0.25, 0.3) is 6.08 Å². The van der Waals surface area contributed by atoms with Gasteiger partial charge < -0.3 is 4.74 Å². The summed E-state index contributed by atoms with van der Waals surface area (Å²) in [6, 6.07) is 10.0. The van der Waals surface area contributed by atoms with Gasteiger partial charge in [0, 0.05) is 20.1 Å². The molecule has 0 heterocycles. The third kappa shape index (κ3) is 3.27. The van der Waals surface area contributed by atoms with E-state index in [-0.39, 0.29) is 5.78 Å². The maximum absolute atomic E-state index is 12.0. The van der Waals surface area contributed by atoms with Crippen molar-refractivity contribution < 1.29 is 9.53 Å². The molecular weight excluding hydrogens is 212 g/mol. The highest BCUT2D eigenvalue weighted by Gasteiger charge is 2.23. The molecule has 0 aromatic heterocycles. The molecule has 0 spiro atoms. The Bertz CT molecular complexity index is 406. The van der Waals surface area contributed by atoms with E-state index < -0.39 is 0 Å². The first-order valence-corrected chi connectivity index (χ1v) is 6.07. The molecule has 2 nitrogen and oxygen atoms in total. The third-order valence-corrected chi connectivity index (χ3v) is 3.20. The molecule has 0 radical (unpaired) electrons. The fourth-order valence-corrected chi connectivity index (χ4v) is 2.28. The lowest BCUT2D eigenvalue weighted by Gasteiger charge is -2.22. The van der Waals surface area contributed by atoms with E-state index in [2.05, 4.69) is 0 Å². The number of hydrogen-bond acceptors (Lipinski definition) is 2. The SMILES string of the molecule is COCC1CC/C(=C/c2ccccc2)C(=O)C1. The first kappa shape index (κ1) is 12.1. The zero-order chi connectivity index (χ0) is 12.1. The molecular formula is C15H18O2. The lowest BCUT2D eigenvalue weighted by Crippen LogP contribution is -2.21. The molecule has 1 atom stereocenters. The number of allylic oxidation sites excluding steroid dienone is 1. The van der Waals surface area contributed by atoms with Crippen molar-refractivity contribution in [2.75, 3.05) is 13.7 Å². The van der Waals surface area contributed by atoms with E-state index in [1.807, 2.05) is 36.4 Å². The van der Waals surface area contributed by atoms with Gasteiger partial charge in [0.25, 0.3) is 0 Å². The molecule has 0 aliphatic heterocycles. The predicted molar refractivity (Wildman–Crippen MR) is 68.6 cm³/mol. The Labute approximate surface area is 102 Å². The summed E-state index contributed by atoms with van der Waals surface area (Å²) in [5, 5.41) is 0. The molecule has 0 amide bonds. The average molecular weight is 230 g/mol. The van der Waals surface area contributed by atoms with Crippen molar-refractivity contribution in [3.8, 4) is 0 Å². The van der Waals surface area contributed by atoms with E-state index in [1.54, 1.807) is 7.11 Å². The summed E-state index contributed by atoms with van der Waals surface area (Å²) in [5.41, 5.74) is 2.07. The maximum Gasteiger partial charge on any atom is 0.159 e. The van der Waals surface area contributed by atoms with Crippen molar-refractivity contribution in [3.05, 3.63) is 41.5 Å². The first-order valence-electron chi connectivity index (χ1n) is 6.07. The number of carbonyl (C=O) groups is 1. The Hall–Kier alpha value is -1.41. The number of carbonyl (C=O) groups excluding carboxylic acids is 1. The van der Waals surface area contributed by atoms with Crippen LogP contribution in [0, 0.1) is 5.92 Å². The van der Waals surface area contributed by atoms with E-state index >= 15 is 0 Å². The molecule has 1 aromatic rings. The summed E-state index contributed by atoms with van der Waals surface area (Å²) in [6.45, 7) is 0.699. The minimum absolute atomic E-state index is 0.280. The van der Waals surface area contributed by atoms with Gasteiger partial charge in [-0.15, -0.1) is 0 Å². The minimum atomic E-state index is 0.280. The number of ether oxygens (including phenoxy) is 1. The van der Waals surface area contributed by atoms with Gasteiger partial charge >= 0.3 is 0 Å². The van der Waals surface area contributed by atoms with Gasteiger partial charge in [-0.05, 0) is 36.0 Å². The Kier molecular flexibility index (Phi) is 4.10. The summed E-state index contributed by atoms with van der Waals surface area (Å²) in [4.78, 5) is 12.0. The van der Waals surface area contributed by atoms with Gasteiger partial charge in [0.05, 0.1) is 0 Å². The normalized spacial score (nSPS) is 23.0. The largest absolute Gasteiger partial charge is 0.384 e. The van der Waals surface area contributed by atoms with Crippen LogP contribution in [0.2, 0.25) is 0 Å². The molecule has 1 aliphatic rings. The van der Waals surface area contributed by atoms with Crippen LogP contribution < -0.4 is 0 Å². The summed E-state index contributed by atoms with van der Waals surface area (Å²) >= 11 is 0. The topological polar surface area (TPSA) is 26.3 Å². The minimum Gasteiger partial charge on any atom is -0.384 e. The highest BCUT2D eigenvalue weighted by Crippen LogP contribution is 2.27.